The normalized spacial score (nSPS) is 10.2. The van der Waals surface area contributed by atoms with Gasteiger partial charge in [0.25, 0.3) is 0 Å². The summed E-state index contributed by atoms with van der Waals surface area (Å²) in [6, 6.07) is 5.45. The van der Waals surface area contributed by atoms with Gasteiger partial charge in [-0.15, -0.1) is 0 Å². The van der Waals surface area contributed by atoms with E-state index >= 15 is 0 Å². The molecule has 0 fully saturated rings. The van der Waals surface area contributed by atoms with Crippen LogP contribution in [0.3, 0.4) is 0 Å². The first-order valence-corrected chi connectivity index (χ1v) is 5.52. The number of halogens is 1. The van der Waals surface area contributed by atoms with Gasteiger partial charge in [-0.2, -0.15) is 0 Å². The van der Waals surface area contributed by atoms with Crippen LogP contribution in [0.25, 0.3) is 5.69 Å². The van der Waals surface area contributed by atoms with Crippen LogP contribution in [0.1, 0.15) is 10.5 Å². The summed E-state index contributed by atoms with van der Waals surface area (Å²) >= 11 is 3.35. The Balaban J connectivity index is 2.42. The first kappa shape index (κ1) is 11.7. The molecule has 2 rings (SSSR count). The van der Waals surface area contributed by atoms with E-state index in [4.69, 9.17) is 9.84 Å². The summed E-state index contributed by atoms with van der Waals surface area (Å²) in [5, 5.41) is 8.78. The first-order valence-electron chi connectivity index (χ1n) is 4.73. The molecule has 1 aromatic carbocycles. The van der Waals surface area contributed by atoms with Crippen LogP contribution in [-0.2, 0) is 0 Å². The Morgan fingerprint density at radius 2 is 2.29 bits per heavy atom. The lowest BCUT2D eigenvalue weighted by atomic mass is 10.3. The van der Waals surface area contributed by atoms with E-state index in [1.165, 1.54) is 12.5 Å². The Bertz CT molecular complexity index is 566. The number of benzene rings is 1. The van der Waals surface area contributed by atoms with Gasteiger partial charge in [-0.25, -0.2) is 9.78 Å². The van der Waals surface area contributed by atoms with E-state index in [-0.39, 0.29) is 5.69 Å². The maximum absolute atomic E-state index is 10.7. The van der Waals surface area contributed by atoms with Gasteiger partial charge in [0.05, 0.1) is 17.3 Å². The lowest BCUT2D eigenvalue weighted by molar-refractivity contribution is 0.0691. The van der Waals surface area contributed by atoms with Crippen molar-refractivity contribution in [3.05, 3.63) is 40.9 Å². The van der Waals surface area contributed by atoms with Gasteiger partial charge < -0.3 is 14.4 Å². The maximum Gasteiger partial charge on any atom is 0.356 e. The van der Waals surface area contributed by atoms with Crippen LogP contribution in [0.2, 0.25) is 0 Å². The number of carboxylic acid groups (broad SMARTS) is 1. The van der Waals surface area contributed by atoms with Crippen LogP contribution in [0.5, 0.6) is 5.75 Å². The van der Waals surface area contributed by atoms with Crippen molar-refractivity contribution >= 4 is 21.9 Å². The summed E-state index contributed by atoms with van der Waals surface area (Å²) in [6.45, 7) is 0. The molecule has 17 heavy (non-hydrogen) atoms. The van der Waals surface area contributed by atoms with Gasteiger partial charge in [-0.3, -0.25) is 0 Å². The largest absolute Gasteiger partial charge is 0.495 e. The van der Waals surface area contributed by atoms with Gasteiger partial charge in [0.15, 0.2) is 5.69 Å². The molecule has 5 nitrogen and oxygen atoms in total. The zero-order valence-corrected chi connectivity index (χ0v) is 10.5. The molecule has 1 heterocycles. The van der Waals surface area contributed by atoms with E-state index in [2.05, 4.69) is 20.9 Å². The number of aromatic carboxylic acids is 1. The Morgan fingerprint density at radius 3 is 2.88 bits per heavy atom. The SMILES string of the molecule is COc1cc(-n2cnc(C(=O)O)c2)ccc1Br. The smallest absolute Gasteiger partial charge is 0.356 e. The third-order valence-electron chi connectivity index (χ3n) is 2.23. The van der Waals surface area contributed by atoms with Crippen LogP contribution in [0, 0.1) is 0 Å². The van der Waals surface area contributed by atoms with Crippen molar-refractivity contribution in [3.8, 4) is 11.4 Å². The fraction of sp³-hybridized carbons (Fsp3) is 0.0909. The first-order chi connectivity index (χ1) is 8.11. The Hall–Kier alpha value is -1.82. The quantitative estimate of drug-likeness (QED) is 0.944. The van der Waals surface area contributed by atoms with Crippen molar-refractivity contribution in [2.24, 2.45) is 0 Å². The minimum absolute atomic E-state index is 0.00638. The molecule has 88 valence electrons. The van der Waals surface area contributed by atoms with Gasteiger partial charge in [-0.1, -0.05) is 0 Å². The number of rotatable bonds is 3. The summed E-state index contributed by atoms with van der Waals surface area (Å²) < 4.78 is 7.62. The zero-order valence-electron chi connectivity index (χ0n) is 8.92. The van der Waals surface area contributed by atoms with Gasteiger partial charge in [0, 0.05) is 12.3 Å². The topological polar surface area (TPSA) is 64.4 Å². The Labute approximate surface area is 106 Å². The number of carbonyl (C=O) groups is 1. The molecule has 0 radical (unpaired) electrons. The predicted octanol–water partition coefficient (Wildman–Crippen LogP) is 2.34. The third kappa shape index (κ3) is 2.31. The molecule has 0 atom stereocenters. The number of carboxylic acids is 1. The van der Waals surface area contributed by atoms with Gasteiger partial charge in [0.1, 0.15) is 12.1 Å². The van der Waals surface area contributed by atoms with E-state index in [0.717, 1.165) is 10.2 Å². The van der Waals surface area contributed by atoms with Gasteiger partial charge in [-0.05, 0) is 28.1 Å². The lowest BCUT2D eigenvalue weighted by Gasteiger charge is -2.06. The highest BCUT2D eigenvalue weighted by molar-refractivity contribution is 9.10. The lowest BCUT2D eigenvalue weighted by Crippen LogP contribution is -1.96. The van der Waals surface area contributed by atoms with Gasteiger partial charge in [0.2, 0.25) is 0 Å². The molecular formula is C11H9BrN2O3. The molecule has 0 aliphatic carbocycles. The number of aromatic nitrogens is 2. The molecule has 0 bridgehead atoms. The van der Waals surface area contributed by atoms with Crippen molar-refractivity contribution in [2.75, 3.05) is 7.11 Å². The summed E-state index contributed by atoms with van der Waals surface area (Å²) in [5.74, 6) is -0.374. The number of ether oxygens (including phenoxy) is 1. The molecular weight excluding hydrogens is 288 g/mol. The average molecular weight is 297 g/mol. The van der Waals surface area contributed by atoms with E-state index in [9.17, 15) is 4.79 Å². The summed E-state index contributed by atoms with van der Waals surface area (Å²) in [4.78, 5) is 14.5. The molecule has 0 amide bonds. The van der Waals surface area contributed by atoms with Crippen LogP contribution in [0.15, 0.2) is 35.2 Å². The number of methoxy groups -OCH3 is 1. The van der Waals surface area contributed by atoms with Crippen LogP contribution < -0.4 is 4.74 Å². The molecule has 0 spiro atoms. The fourth-order valence-electron chi connectivity index (χ4n) is 1.38. The third-order valence-corrected chi connectivity index (χ3v) is 2.89. The maximum atomic E-state index is 10.7. The second-order valence-corrected chi connectivity index (χ2v) is 4.14. The number of hydrogen-bond acceptors (Lipinski definition) is 3. The van der Waals surface area contributed by atoms with E-state index < -0.39 is 5.97 Å². The Kier molecular flexibility index (Phi) is 3.14. The molecule has 0 aliphatic heterocycles. The molecule has 1 N–H and O–H groups in total. The molecule has 0 saturated heterocycles. The van der Waals surface area contributed by atoms with Crippen molar-refractivity contribution < 1.29 is 14.6 Å². The van der Waals surface area contributed by atoms with Crippen molar-refractivity contribution in [2.45, 2.75) is 0 Å². The monoisotopic (exact) mass is 296 g/mol. The minimum atomic E-state index is -1.05. The zero-order chi connectivity index (χ0) is 12.4. The molecule has 0 saturated carbocycles. The summed E-state index contributed by atoms with van der Waals surface area (Å²) in [7, 11) is 1.57. The van der Waals surface area contributed by atoms with Crippen LogP contribution >= 0.6 is 15.9 Å². The molecule has 6 heteroatoms. The summed E-state index contributed by atoms with van der Waals surface area (Å²) in [5.41, 5.74) is 0.789. The minimum Gasteiger partial charge on any atom is -0.495 e. The van der Waals surface area contributed by atoms with Crippen molar-refractivity contribution in [1.29, 1.82) is 0 Å². The van der Waals surface area contributed by atoms with E-state index in [1.807, 2.05) is 12.1 Å². The predicted molar refractivity (Wildman–Crippen MR) is 64.8 cm³/mol. The average Bonchev–Trinajstić information content (AvgIpc) is 2.79. The second kappa shape index (κ2) is 4.58. The molecule has 0 aliphatic rings. The number of nitrogens with zero attached hydrogens (tertiary/aromatic N) is 2. The summed E-state index contributed by atoms with van der Waals surface area (Å²) in [6.07, 6.45) is 2.90. The highest BCUT2D eigenvalue weighted by atomic mass is 79.9. The van der Waals surface area contributed by atoms with Gasteiger partial charge >= 0.3 is 5.97 Å². The number of hydrogen-bond donors (Lipinski definition) is 1. The van der Waals surface area contributed by atoms with E-state index in [0.29, 0.717) is 5.75 Å². The van der Waals surface area contributed by atoms with Crippen molar-refractivity contribution in [3.63, 3.8) is 0 Å². The fourth-order valence-corrected chi connectivity index (χ4v) is 1.79. The number of imidazole rings is 1. The Morgan fingerprint density at radius 1 is 1.53 bits per heavy atom. The van der Waals surface area contributed by atoms with Crippen LogP contribution in [0.4, 0.5) is 0 Å². The van der Waals surface area contributed by atoms with Crippen LogP contribution in [-0.4, -0.2) is 27.7 Å². The molecule has 2 aromatic rings. The van der Waals surface area contributed by atoms with E-state index in [1.54, 1.807) is 17.7 Å². The highest BCUT2D eigenvalue weighted by Crippen LogP contribution is 2.27. The van der Waals surface area contributed by atoms with Crippen molar-refractivity contribution in [1.82, 2.24) is 9.55 Å². The molecule has 1 aromatic heterocycles. The standard InChI is InChI=1S/C11H9BrN2O3/c1-17-10-4-7(2-3-8(10)12)14-5-9(11(15)16)13-6-14/h2-6H,1H3,(H,15,16). The second-order valence-electron chi connectivity index (χ2n) is 3.29. The highest BCUT2D eigenvalue weighted by Gasteiger charge is 2.08. The molecule has 0 unspecified atom stereocenters.